The Balaban J connectivity index is 1.59. The van der Waals surface area contributed by atoms with Gasteiger partial charge in [0.1, 0.15) is 28.8 Å². The minimum absolute atomic E-state index is 0.265. The van der Waals surface area contributed by atoms with Gasteiger partial charge in [-0.05, 0) is 47.0 Å². The topological polar surface area (TPSA) is 71.1 Å². The molecule has 0 aliphatic carbocycles. The van der Waals surface area contributed by atoms with Crippen LogP contribution in [-0.4, -0.2) is 26.2 Å². The summed E-state index contributed by atoms with van der Waals surface area (Å²) in [6, 6.07) is 22.4. The van der Waals surface area contributed by atoms with Gasteiger partial charge in [0.05, 0.1) is 14.2 Å². The van der Waals surface area contributed by atoms with Gasteiger partial charge < -0.3 is 18.9 Å². The van der Waals surface area contributed by atoms with E-state index in [0.717, 1.165) is 28.8 Å². The number of ether oxygens (including phenoxy) is 4. The SMILES string of the molecule is C=CC(=O)Oc1ccc(-c2ccc(-c3ccc(-c4ccc(OC(=O)C=C)cc4OC)c(F)c3)cc2)c(OC)c1. The third-order valence-electron chi connectivity index (χ3n) is 5.90. The van der Waals surface area contributed by atoms with Crippen molar-refractivity contribution in [3.63, 3.8) is 0 Å². The van der Waals surface area contributed by atoms with Crippen molar-refractivity contribution in [3.05, 3.63) is 110 Å². The second kappa shape index (κ2) is 11.9. The molecule has 0 heterocycles. The van der Waals surface area contributed by atoms with E-state index in [1.165, 1.54) is 26.4 Å². The normalized spacial score (nSPS) is 10.3. The Labute approximate surface area is 225 Å². The lowest BCUT2D eigenvalue weighted by Crippen LogP contribution is -2.03. The van der Waals surface area contributed by atoms with Crippen LogP contribution in [0.2, 0.25) is 0 Å². The molecule has 7 heteroatoms. The molecule has 0 fully saturated rings. The van der Waals surface area contributed by atoms with Crippen LogP contribution >= 0.6 is 0 Å². The van der Waals surface area contributed by atoms with Crippen LogP contribution in [0.3, 0.4) is 0 Å². The van der Waals surface area contributed by atoms with E-state index in [-0.39, 0.29) is 5.75 Å². The van der Waals surface area contributed by atoms with E-state index in [9.17, 15) is 9.59 Å². The molecule has 0 aliphatic rings. The molecule has 4 aromatic carbocycles. The highest BCUT2D eigenvalue weighted by molar-refractivity contribution is 5.85. The highest BCUT2D eigenvalue weighted by Crippen LogP contribution is 2.38. The fourth-order valence-corrected chi connectivity index (χ4v) is 4.00. The maximum absolute atomic E-state index is 15.3. The summed E-state index contributed by atoms with van der Waals surface area (Å²) >= 11 is 0. The largest absolute Gasteiger partial charge is 0.496 e. The first-order chi connectivity index (χ1) is 18.9. The van der Waals surface area contributed by atoms with E-state index < -0.39 is 17.8 Å². The van der Waals surface area contributed by atoms with Crippen molar-refractivity contribution < 1.29 is 32.9 Å². The Morgan fingerprint density at radius 2 is 1.08 bits per heavy atom. The second-order valence-electron chi connectivity index (χ2n) is 8.25. The molecule has 0 atom stereocenters. The first-order valence-electron chi connectivity index (χ1n) is 11.8. The molecule has 196 valence electrons. The second-order valence-corrected chi connectivity index (χ2v) is 8.25. The van der Waals surface area contributed by atoms with Gasteiger partial charge in [0.25, 0.3) is 0 Å². The van der Waals surface area contributed by atoms with Crippen LogP contribution in [0.1, 0.15) is 0 Å². The monoisotopic (exact) mass is 524 g/mol. The van der Waals surface area contributed by atoms with Crippen LogP contribution in [0.4, 0.5) is 4.39 Å². The summed E-state index contributed by atoms with van der Waals surface area (Å²) in [4.78, 5) is 23.0. The van der Waals surface area contributed by atoms with Gasteiger partial charge in [0.2, 0.25) is 0 Å². The van der Waals surface area contributed by atoms with Crippen LogP contribution in [0.25, 0.3) is 33.4 Å². The van der Waals surface area contributed by atoms with Gasteiger partial charge in [0.15, 0.2) is 0 Å². The highest BCUT2D eigenvalue weighted by atomic mass is 19.1. The molecular formula is C32H25FO6. The molecular weight excluding hydrogens is 499 g/mol. The zero-order chi connectivity index (χ0) is 27.9. The standard InChI is InChI=1S/C32H25FO6/c1-5-31(34)38-23-12-15-25(29(18-23)36-3)21-9-7-20(8-10-21)22-11-14-26(28(33)17-22)27-16-13-24(19-30(27)37-4)39-32(35)6-2/h5-19H,1-2H2,3-4H3. The minimum Gasteiger partial charge on any atom is -0.496 e. The zero-order valence-corrected chi connectivity index (χ0v) is 21.4. The molecule has 0 saturated heterocycles. The first kappa shape index (κ1) is 26.9. The van der Waals surface area contributed by atoms with Gasteiger partial charge in [-0.3, -0.25) is 0 Å². The first-order valence-corrected chi connectivity index (χ1v) is 11.8. The van der Waals surface area contributed by atoms with E-state index in [2.05, 4.69) is 13.2 Å². The van der Waals surface area contributed by atoms with Crippen LogP contribution in [0.15, 0.2) is 104 Å². The average molecular weight is 525 g/mol. The molecule has 0 radical (unpaired) electrons. The number of rotatable bonds is 9. The summed E-state index contributed by atoms with van der Waals surface area (Å²) in [6.45, 7) is 6.77. The Morgan fingerprint density at radius 1 is 0.615 bits per heavy atom. The Kier molecular flexibility index (Phi) is 8.21. The predicted octanol–water partition coefficient (Wildman–Crippen LogP) is 7.03. The molecule has 0 aliphatic heterocycles. The van der Waals surface area contributed by atoms with E-state index in [4.69, 9.17) is 18.9 Å². The Bertz CT molecular complexity index is 1560. The van der Waals surface area contributed by atoms with Crippen molar-refractivity contribution >= 4 is 11.9 Å². The quantitative estimate of drug-likeness (QED) is 0.133. The van der Waals surface area contributed by atoms with Crippen molar-refractivity contribution in [1.82, 2.24) is 0 Å². The smallest absolute Gasteiger partial charge is 0.335 e. The van der Waals surface area contributed by atoms with Crippen LogP contribution in [-0.2, 0) is 9.59 Å². The lowest BCUT2D eigenvalue weighted by Gasteiger charge is -2.13. The highest BCUT2D eigenvalue weighted by Gasteiger charge is 2.15. The predicted molar refractivity (Wildman–Crippen MR) is 147 cm³/mol. The number of halogens is 1. The Morgan fingerprint density at radius 3 is 1.59 bits per heavy atom. The zero-order valence-electron chi connectivity index (χ0n) is 21.4. The third-order valence-corrected chi connectivity index (χ3v) is 5.90. The average Bonchev–Trinajstić information content (AvgIpc) is 2.97. The summed E-state index contributed by atoms with van der Waals surface area (Å²) in [6.07, 6.45) is 2.14. The summed E-state index contributed by atoms with van der Waals surface area (Å²) in [5, 5.41) is 0. The maximum atomic E-state index is 15.3. The summed E-state index contributed by atoms with van der Waals surface area (Å²) in [5.41, 5.74) is 4.05. The molecule has 0 amide bonds. The van der Waals surface area contributed by atoms with E-state index >= 15 is 4.39 Å². The van der Waals surface area contributed by atoms with Crippen LogP contribution in [0.5, 0.6) is 23.0 Å². The molecule has 4 rings (SSSR count). The number of hydrogen-bond donors (Lipinski definition) is 0. The molecule has 0 saturated carbocycles. The summed E-state index contributed by atoms with van der Waals surface area (Å²) < 4.78 is 36.5. The van der Waals surface area contributed by atoms with Crippen molar-refractivity contribution in [2.45, 2.75) is 0 Å². The van der Waals surface area contributed by atoms with Crippen molar-refractivity contribution in [3.8, 4) is 56.4 Å². The van der Waals surface area contributed by atoms with Crippen molar-refractivity contribution in [2.24, 2.45) is 0 Å². The number of carbonyl (C=O) groups excluding carboxylic acids is 2. The molecule has 0 aromatic heterocycles. The van der Waals surface area contributed by atoms with Crippen molar-refractivity contribution in [1.29, 1.82) is 0 Å². The summed E-state index contributed by atoms with van der Waals surface area (Å²) in [7, 11) is 3.00. The number of hydrogen-bond acceptors (Lipinski definition) is 6. The number of esters is 2. The van der Waals surface area contributed by atoms with Gasteiger partial charge in [-0.25, -0.2) is 14.0 Å². The van der Waals surface area contributed by atoms with Crippen LogP contribution in [0, 0.1) is 5.82 Å². The third kappa shape index (κ3) is 6.05. The Hall–Kier alpha value is -5.17. The fraction of sp³-hybridized carbons (Fsp3) is 0.0625. The van der Waals surface area contributed by atoms with Crippen molar-refractivity contribution in [2.75, 3.05) is 14.2 Å². The maximum Gasteiger partial charge on any atom is 0.335 e. The molecule has 6 nitrogen and oxygen atoms in total. The number of carbonyl (C=O) groups is 2. The number of methoxy groups -OCH3 is 2. The van der Waals surface area contributed by atoms with Gasteiger partial charge >= 0.3 is 11.9 Å². The van der Waals surface area contributed by atoms with E-state index in [1.54, 1.807) is 36.4 Å². The molecule has 0 unspecified atom stereocenters. The van der Waals surface area contributed by atoms with E-state index in [0.29, 0.717) is 33.9 Å². The lowest BCUT2D eigenvalue weighted by molar-refractivity contribution is -0.129. The van der Waals surface area contributed by atoms with Gasteiger partial charge in [-0.2, -0.15) is 0 Å². The number of benzene rings is 4. The van der Waals surface area contributed by atoms with Gasteiger partial charge in [0, 0.05) is 41.0 Å². The van der Waals surface area contributed by atoms with E-state index in [1.807, 2.05) is 30.3 Å². The summed E-state index contributed by atoms with van der Waals surface area (Å²) in [5.74, 6) is -0.0884. The molecule has 0 spiro atoms. The van der Waals surface area contributed by atoms with Gasteiger partial charge in [-0.15, -0.1) is 0 Å². The minimum atomic E-state index is -0.601. The van der Waals surface area contributed by atoms with Gasteiger partial charge in [-0.1, -0.05) is 49.6 Å². The lowest BCUT2D eigenvalue weighted by atomic mass is 9.97. The molecule has 0 bridgehead atoms. The molecule has 39 heavy (non-hydrogen) atoms. The molecule has 4 aromatic rings. The fourth-order valence-electron chi connectivity index (χ4n) is 4.00. The molecule has 0 N–H and O–H groups in total. The van der Waals surface area contributed by atoms with Crippen LogP contribution < -0.4 is 18.9 Å².